The topological polar surface area (TPSA) is 12.0 Å². The molecule has 0 bridgehead atoms. The first kappa shape index (κ1) is 9.79. The van der Waals surface area contributed by atoms with Gasteiger partial charge in [0.05, 0.1) is 0 Å². The maximum Gasteiger partial charge on any atom is 0.0127 e. The van der Waals surface area contributed by atoms with Crippen molar-refractivity contribution in [1.82, 2.24) is 5.32 Å². The molecule has 0 saturated heterocycles. The molecular weight excluding hydrogens is 146 g/mol. The van der Waals surface area contributed by atoms with Gasteiger partial charge in [0.15, 0.2) is 0 Å². The van der Waals surface area contributed by atoms with E-state index in [4.69, 9.17) is 0 Å². The van der Waals surface area contributed by atoms with Gasteiger partial charge in [-0.15, -0.1) is 6.58 Å². The summed E-state index contributed by atoms with van der Waals surface area (Å²) in [4.78, 5) is 0. The smallest absolute Gasteiger partial charge is 0.0127 e. The second-order valence-electron chi connectivity index (χ2n) is 4.68. The van der Waals surface area contributed by atoms with Gasteiger partial charge < -0.3 is 5.32 Å². The lowest BCUT2D eigenvalue weighted by molar-refractivity contribution is 0.463. The van der Waals surface area contributed by atoms with E-state index in [1.165, 1.54) is 12.8 Å². The molecule has 0 heterocycles. The number of hydrogen-bond donors (Lipinski definition) is 1. The van der Waals surface area contributed by atoms with Crippen molar-refractivity contribution < 1.29 is 0 Å². The minimum atomic E-state index is 0.558. The van der Waals surface area contributed by atoms with E-state index >= 15 is 0 Å². The zero-order chi connectivity index (χ0) is 9.19. The van der Waals surface area contributed by atoms with Gasteiger partial charge in [0.1, 0.15) is 0 Å². The van der Waals surface area contributed by atoms with Crippen LogP contribution >= 0.6 is 0 Å². The van der Waals surface area contributed by atoms with Gasteiger partial charge in [-0.3, -0.25) is 0 Å². The summed E-state index contributed by atoms with van der Waals surface area (Å²) in [6.45, 7) is 10.6. The predicted octanol–water partition coefficient (Wildman–Crippen LogP) is 2.73. The van der Waals surface area contributed by atoms with Crippen molar-refractivity contribution in [2.75, 3.05) is 0 Å². The van der Waals surface area contributed by atoms with Crippen LogP contribution < -0.4 is 5.32 Å². The quantitative estimate of drug-likeness (QED) is 0.621. The van der Waals surface area contributed by atoms with E-state index in [2.05, 4.69) is 32.7 Å². The SMILES string of the molecule is C=CCCC(C)NC1CC1(C)C. The van der Waals surface area contributed by atoms with Gasteiger partial charge in [0.2, 0.25) is 0 Å². The Hall–Kier alpha value is -0.300. The largest absolute Gasteiger partial charge is 0.311 e. The summed E-state index contributed by atoms with van der Waals surface area (Å²) < 4.78 is 0. The Balaban J connectivity index is 2.11. The van der Waals surface area contributed by atoms with Crippen molar-refractivity contribution in [1.29, 1.82) is 0 Å². The van der Waals surface area contributed by atoms with Gasteiger partial charge in [-0.2, -0.15) is 0 Å². The van der Waals surface area contributed by atoms with E-state index in [0.29, 0.717) is 11.5 Å². The van der Waals surface area contributed by atoms with Crippen LogP contribution in [-0.4, -0.2) is 12.1 Å². The molecule has 1 N–H and O–H groups in total. The van der Waals surface area contributed by atoms with Gasteiger partial charge in [-0.25, -0.2) is 0 Å². The molecule has 2 unspecified atom stereocenters. The Morgan fingerprint density at radius 2 is 2.25 bits per heavy atom. The molecule has 0 aliphatic heterocycles. The van der Waals surface area contributed by atoms with Crippen molar-refractivity contribution in [3.05, 3.63) is 12.7 Å². The number of rotatable bonds is 5. The van der Waals surface area contributed by atoms with Gasteiger partial charge in [-0.05, 0) is 31.6 Å². The number of nitrogens with one attached hydrogen (secondary N) is 1. The standard InChI is InChI=1S/C11H21N/c1-5-6-7-9(2)12-10-8-11(10,3)4/h5,9-10,12H,1,6-8H2,2-4H3. The molecule has 0 spiro atoms. The highest BCUT2D eigenvalue weighted by atomic mass is 15.0. The van der Waals surface area contributed by atoms with Crippen LogP contribution in [0, 0.1) is 5.41 Å². The van der Waals surface area contributed by atoms with Gasteiger partial charge in [0, 0.05) is 12.1 Å². The maximum absolute atomic E-state index is 3.73. The van der Waals surface area contributed by atoms with Gasteiger partial charge in [-0.1, -0.05) is 19.9 Å². The first-order valence-corrected chi connectivity index (χ1v) is 4.93. The molecule has 0 aromatic rings. The molecule has 12 heavy (non-hydrogen) atoms. The van der Waals surface area contributed by atoms with Gasteiger partial charge >= 0.3 is 0 Å². The molecule has 1 aliphatic carbocycles. The third-order valence-corrected chi connectivity index (χ3v) is 2.80. The maximum atomic E-state index is 3.73. The molecule has 2 atom stereocenters. The Bertz CT molecular complexity index is 160. The Morgan fingerprint density at radius 3 is 2.67 bits per heavy atom. The molecule has 1 heteroatoms. The molecular formula is C11H21N. The molecule has 1 aliphatic rings. The predicted molar refractivity (Wildman–Crippen MR) is 54.2 cm³/mol. The summed E-state index contributed by atoms with van der Waals surface area (Å²) in [5, 5.41) is 3.63. The van der Waals surface area contributed by atoms with E-state index in [9.17, 15) is 0 Å². The molecule has 1 nitrogen and oxygen atoms in total. The number of hydrogen-bond acceptors (Lipinski definition) is 1. The fourth-order valence-electron chi connectivity index (χ4n) is 1.55. The van der Waals surface area contributed by atoms with Crippen molar-refractivity contribution in [2.45, 2.75) is 52.1 Å². The highest BCUT2D eigenvalue weighted by molar-refractivity contribution is 5.02. The molecule has 0 radical (unpaired) electrons. The zero-order valence-electron chi connectivity index (χ0n) is 8.56. The second-order valence-corrected chi connectivity index (χ2v) is 4.68. The Labute approximate surface area is 76.2 Å². The summed E-state index contributed by atoms with van der Waals surface area (Å²) in [7, 11) is 0. The summed E-state index contributed by atoms with van der Waals surface area (Å²) >= 11 is 0. The van der Waals surface area contributed by atoms with E-state index in [0.717, 1.165) is 12.5 Å². The van der Waals surface area contributed by atoms with Crippen molar-refractivity contribution in [3.8, 4) is 0 Å². The van der Waals surface area contributed by atoms with Crippen molar-refractivity contribution in [3.63, 3.8) is 0 Å². The Kier molecular flexibility index (Phi) is 2.94. The molecule has 0 aromatic carbocycles. The van der Waals surface area contributed by atoms with Gasteiger partial charge in [0.25, 0.3) is 0 Å². The summed E-state index contributed by atoms with van der Waals surface area (Å²) in [6.07, 6.45) is 5.68. The van der Waals surface area contributed by atoms with E-state index in [1.54, 1.807) is 0 Å². The molecule has 1 saturated carbocycles. The van der Waals surface area contributed by atoms with Crippen LogP contribution in [-0.2, 0) is 0 Å². The van der Waals surface area contributed by atoms with Crippen molar-refractivity contribution in [2.24, 2.45) is 5.41 Å². The van der Waals surface area contributed by atoms with Crippen LogP contribution in [0.1, 0.15) is 40.0 Å². The normalized spacial score (nSPS) is 28.1. The third kappa shape index (κ3) is 2.63. The first-order chi connectivity index (χ1) is 5.56. The monoisotopic (exact) mass is 167 g/mol. The molecule has 70 valence electrons. The third-order valence-electron chi connectivity index (χ3n) is 2.80. The van der Waals surface area contributed by atoms with E-state index in [-0.39, 0.29) is 0 Å². The highest BCUT2D eigenvalue weighted by Crippen LogP contribution is 2.44. The fourth-order valence-corrected chi connectivity index (χ4v) is 1.55. The lowest BCUT2D eigenvalue weighted by Crippen LogP contribution is -2.30. The minimum absolute atomic E-state index is 0.558. The minimum Gasteiger partial charge on any atom is -0.311 e. The molecule has 0 amide bonds. The molecule has 1 rings (SSSR count). The highest BCUT2D eigenvalue weighted by Gasteiger charge is 2.45. The summed E-state index contributed by atoms with van der Waals surface area (Å²) in [6, 6.07) is 1.41. The average molecular weight is 167 g/mol. The van der Waals surface area contributed by atoms with E-state index in [1.807, 2.05) is 6.08 Å². The van der Waals surface area contributed by atoms with Crippen LogP contribution in [0.25, 0.3) is 0 Å². The van der Waals surface area contributed by atoms with Crippen LogP contribution in [0.15, 0.2) is 12.7 Å². The van der Waals surface area contributed by atoms with E-state index < -0.39 is 0 Å². The zero-order valence-corrected chi connectivity index (χ0v) is 8.56. The molecule has 1 fully saturated rings. The fraction of sp³-hybridized carbons (Fsp3) is 0.818. The van der Waals surface area contributed by atoms with Crippen molar-refractivity contribution >= 4 is 0 Å². The first-order valence-electron chi connectivity index (χ1n) is 4.93. The second kappa shape index (κ2) is 3.61. The molecule has 0 aromatic heterocycles. The average Bonchev–Trinajstić information content (AvgIpc) is 2.54. The summed E-state index contributed by atoms with van der Waals surface area (Å²) in [5.74, 6) is 0. The summed E-state index contributed by atoms with van der Waals surface area (Å²) in [5.41, 5.74) is 0.558. The lowest BCUT2D eigenvalue weighted by Gasteiger charge is -2.13. The Morgan fingerprint density at radius 1 is 1.67 bits per heavy atom. The lowest BCUT2D eigenvalue weighted by atomic mass is 10.1. The van der Waals surface area contributed by atoms with Crippen LogP contribution in [0.5, 0.6) is 0 Å². The number of allylic oxidation sites excluding steroid dienone is 1. The van der Waals surface area contributed by atoms with Crippen LogP contribution in [0.3, 0.4) is 0 Å². The van der Waals surface area contributed by atoms with Crippen LogP contribution in [0.4, 0.5) is 0 Å². The van der Waals surface area contributed by atoms with Crippen LogP contribution in [0.2, 0.25) is 0 Å².